The zero-order chi connectivity index (χ0) is 15.2. The summed E-state index contributed by atoms with van der Waals surface area (Å²) in [5.41, 5.74) is 5.51. The number of carbonyl (C=O) groups excluding carboxylic acids is 2. The molecule has 0 aliphatic rings. The fourth-order valence-corrected chi connectivity index (χ4v) is 1.54. The molecule has 0 heterocycles. The Balaban J connectivity index is 2.42. The molecule has 0 saturated carbocycles. The maximum atomic E-state index is 11.7. The number of nitrogens with one attached hydrogen (secondary N) is 2. The van der Waals surface area contributed by atoms with Gasteiger partial charge < -0.3 is 21.1 Å². The van der Waals surface area contributed by atoms with Gasteiger partial charge >= 0.3 is 0 Å². The Labute approximate surface area is 118 Å². The van der Waals surface area contributed by atoms with Crippen LogP contribution in [0.5, 0.6) is 5.75 Å². The standard InChI is InChI=1S/C14H21N3O3/c1-14(2,13(19)16-3)9-17-12(18)8-20-11-7-5-4-6-10(11)15/h4-7H,8-9,15H2,1-3H3,(H,16,19)(H,17,18). The predicted molar refractivity (Wildman–Crippen MR) is 77.2 cm³/mol. The third-order valence-corrected chi connectivity index (χ3v) is 2.85. The smallest absolute Gasteiger partial charge is 0.257 e. The maximum absolute atomic E-state index is 11.7. The number of para-hydroxylation sites is 2. The summed E-state index contributed by atoms with van der Waals surface area (Å²) < 4.78 is 5.31. The number of benzene rings is 1. The summed E-state index contributed by atoms with van der Waals surface area (Å²) in [6.45, 7) is 3.60. The number of anilines is 1. The van der Waals surface area contributed by atoms with Crippen LogP contribution in [0.4, 0.5) is 5.69 Å². The van der Waals surface area contributed by atoms with Gasteiger partial charge in [0.05, 0.1) is 11.1 Å². The Morgan fingerprint density at radius 2 is 1.95 bits per heavy atom. The van der Waals surface area contributed by atoms with Gasteiger partial charge in [-0.2, -0.15) is 0 Å². The number of rotatable bonds is 6. The minimum atomic E-state index is -0.670. The Bertz CT molecular complexity index is 486. The zero-order valence-corrected chi connectivity index (χ0v) is 12.0. The van der Waals surface area contributed by atoms with Crippen LogP contribution in [0.1, 0.15) is 13.8 Å². The van der Waals surface area contributed by atoms with Crippen LogP contribution in [0.3, 0.4) is 0 Å². The number of carbonyl (C=O) groups is 2. The Morgan fingerprint density at radius 1 is 1.30 bits per heavy atom. The van der Waals surface area contributed by atoms with Gasteiger partial charge in [0.2, 0.25) is 5.91 Å². The molecule has 1 aromatic rings. The van der Waals surface area contributed by atoms with Crippen LogP contribution in [0, 0.1) is 5.41 Å². The van der Waals surface area contributed by atoms with E-state index in [0.29, 0.717) is 11.4 Å². The van der Waals surface area contributed by atoms with Gasteiger partial charge in [-0.25, -0.2) is 0 Å². The highest BCUT2D eigenvalue weighted by Gasteiger charge is 2.26. The number of nitrogens with two attached hydrogens (primary N) is 1. The number of hydrogen-bond acceptors (Lipinski definition) is 4. The van der Waals surface area contributed by atoms with Crippen molar-refractivity contribution >= 4 is 17.5 Å². The van der Waals surface area contributed by atoms with Crippen molar-refractivity contribution in [2.75, 3.05) is 25.9 Å². The van der Waals surface area contributed by atoms with Crippen molar-refractivity contribution in [3.63, 3.8) is 0 Å². The predicted octanol–water partition coefficient (Wildman–Crippen LogP) is 0.536. The molecule has 6 nitrogen and oxygen atoms in total. The van der Waals surface area contributed by atoms with E-state index in [-0.39, 0.29) is 25.0 Å². The fourth-order valence-electron chi connectivity index (χ4n) is 1.54. The molecule has 0 bridgehead atoms. The SMILES string of the molecule is CNC(=O)C(C)(C)CNC(=O)COc1ccccc1N. The van der Waals surface area contributed by atoms with Crippen molar-refractivity contribution < 1.29 is 14.3 Å². The van der Waals surface area contributed by atoms with Crippen LogP contribution >= 0.6 is 0 Å². The van der Waals surface area contributed by atoms with E-state index in [9.17, 15) is 9.59 Å². The van der Waals surface area contributed by atoms with Crippen LogP contribution < -0.4 is 21.1 Å². The van der Waals surface area contributed by atoms with Gasteiger partial charge in [0.25, 0.3) is 5.91 Å². The summed E-state index contributed by atoms with van der Waals surface area (Å²) in [6, 6.07) is 6.95. The molecule has 1 rings (SSSR count). The van der Waals surface area contributed by atoms with Gasteiger partial charge in [0.15, 0.2) is 6.61 Å². The van der Waals surface area contributed by atoms with Crippen molar-refractivity contribution in [2.24, 2.45) is 5.41 Å². The van der Waals surface area contributed by atoms with E-state index < -0.39 is 5.41 Å². The molecule has 0 aromatic heterocycles. The normalized spacial score (nSPS) is 10.8. The van der Waals surface area contributed by atoms with Crippen LogP contribution in [-0.2, 0) is 9.59 Å². The molecule has 0 spiro atoms. The minimum absolute atomic E-state index is 0.133. The van der Waals surface area contributed by atoms with Crippen molar-refractivity contribution in [1.82, 2.24) is 10.6 Å². The van der Waals surface area contributed by atoms with Gasteiger partial charge in [-0.05, 0) is 26.0 Å². The monoisotopic (exact) mass is 279 g/mol. The molecule has 0 fully saturated rings. The Kier molecular flexibility index (Phi) is 5.37. The van der Waals surface area contributed by atoms with E-state index >= 15 is 0 Å². The molecular weight excluding hydrogens is 258 g/mol. The highest BCUT2D eigenvalue weighted by Crippen LogP contribution is 2.19. The molecule has 2 amide bonds. The van der Waals surface area contributed by atoms with Gasteiger partial charge in [-0.3, -0.25) is 9.59 Å². The molecule has 6 heteroatoms. The maximum Gasteiger partial charge on any atom is 0.257 e. The van der Waals surface area contributed by atoms with Crippen molar-refractivity contribution in [1.29, 1.82) is 0 Å². The van der Waals surface area contributed by atoms with Gasteiger partial charge in [0, 0.05) is 13.6 Å². The molecule has 0 aliphatic heterocycles. The first-order valence-electron chi connectivity index (χ1n) is 6.33. The van der Waals surface area contributed by atoms with Gasteiger partial charge in [-0.1, -0.05) is 12.1 Å². The number of amides is 2. The third-order valence-electron chi connectivity index (χ3n) is 2.85. The first-order valence-corrected chi connectivity index (χ1v) is 6.33. The Morgan fingerprint density at radius 3 is 2.55 bits per heavy atom. The summed E-state index contributed by atoms with van der Waals surface area (Å²) in [5, 5.41) is 5.22. The highest BCUT2D eigenvalue weighted by molar-refractivity contribution is 5.83. The van der Waals surface area contributed by atoms with Crippen molar-refractivity contribution in [2.45, 2.75) is 13.8 Å². The molecule has 0 atom stereocenters. The largest absolute Gasteiger partial charge is 0.482 e. The van der Waals surface area contributed by atoms with E-state index in [2.05, 4.69) is 10.6 Å². The second-order valence-corrected chi connectivity index (χ2v) is 5.07. The molecule has 0 aliphatic carbocycles. The molecular formula is C14H21N3O3. The van der Waals surface area contributed by atoms with Crippen LogP contribution in [0.15, 0.2) is 24.3 Å². The quantitative estimate of drug-likeness (QED) is 0.662. The second kappa shape index (κ2) is 6.79. The average molecular weight is 279 g/mol. The zero-order valence-electron chi connectivity index (χ0n) is 12.0. The number of hydrogen-bond donors (Lipinski definition) is 3. The average Bonchev–Trinajstić information content (AvgIpc) is 2.43. The fraction of sp³-hybridized carbons (Fsp3) is 0.429. The highest BCUT2D eigenvalue weighted by atomic mass is 16.5. The molecule has 0 radical (unpaired) electrons. The third kappa shape index (κ3) is 4.46. The molecule has 0 unspecified atom stereocenters. The van der Waals surface area contributed by atoms with Crippen LogP contribution in [0.25, 0.3) is 0 Å². The lowest BCUT2D eigenvalue weighted by Gasteiger charge is -2.22. The van der Waals surface area contributed by atoms with E-state index in [1.807, 2.05) is 0 Å². The number of ether oxygens (including phenoxy) is 1. The number of nitrogen functional groups attached to an aromatic ring is 1. The van der Waals surface area contributed by atoms with Crippen molar-refractivity contribution in [3.8, 4) is 5.75 Å². The summed E-state index contributed by atoms with van der Waals surface area (Å²) >= 11 is 0. The Hall–Kier alpha value is -2.24. The van der Waals surface area contributed by atoms with E-state index in [0.717, 1.165) is 0 Å². The van der Waals surface area contributed by atoms with Crippen molar-refractivity contribution in [3.05, 3.63) is 24.3 Å². The molecule has 20 heavy (non-hydrogen) atoms. The first kappa shape index (κ1) is 15.8. The summed E-state index contributed by atoms with van der Waals surface area (Å²) in [5.74, 6) is 0.0319. The topological polar surface area (TPSA) is 93.5 Å². The first-order chi connectivity index (χ1) is 9.36. The minimum Gasteiger partial charge on any atom is -0.482 e. The lowest BCUT2D eigenvalue weighted by Crippen LogP contribution is -2.44. The molecule has 110 valence electrons. The second-order valence-electron chi connectivity index (χ2n) is 5.07. The summed E-state index contributed by atoms with van der Waals surface area (Å²) in [7, 11) is 1.56. The van der Waals surface area contributed by atoms with Gasteiger partial charge in [0.1, 0.15) is 5.75 Å². The lowest BCUT2D eigenvalue weighted by atomic mass is 9.92. The van der Waals surface area contributed by atoms with E-state index in [1.54, 1.807) is 45.2 Å². The van der Waals surface area contributed by atoms with E-state index in [4.69, 9.17) is 10.5 Å². The van der Waals surface area contributed by atoms with E-state index in [1.165, 1.54) is 0 Å². The molecule has 4 N–H and O–H groups in total. The molecule has 1 aromatic carbocycles. The summed E-state index contributed by atoms with van der Waals surface area (Å²) in [4.78, 5) is 23.2. The summed E-state index contributed by atoms with van der Waals surface area (Å²) in [6.07, 6.45) is 0. The lowest BCUT2D eigenvalue weighted by molar-refractivity contribution is -0.129. The molecule has 0 saturated heterocycles. The van der Waals surface area contributed by atoms with Gasteiger partial charge in [-0.15, -0.1) is 0 Å². The van der Waals surface area contributed by atoms with Crippen LogP contribution in [-0.4, -0.2) is 32.0 Å². The van der Waals surface area contributed by atoms with Crippen LogP contribution in [0.2, 0.25) is 0 Å².